The maximum Gasteiger partial charge on any atom is 0.358 e. The van der Waals surface area contributed by atoms with E-state index >= 15 is 0 Å². The van der Waals surface area contributed by atoms with Gasteiger partial charge in [-0.1, -0.05) is 41.2 Å². The average Bonchev–Trinajstić information content (AvgIpc) is 3.27. The van der Waals surface area contributed by atoms with Gasteiger partial charge in [0.25, 0.3) is 5.56 Å². The third-order valence-corrected chi connectivity index (χ3v) is 5.53. The number of benzene rings is 1. The minimum atomic E-state index is -0.527. The van der Waals surface area contributed by atoms with Gasteiger partial charge in [0, 0.05) is 22.7 Å². The number of hydrogen-bond acceptors (Lipinski definition) is 8. The van der Waals surface area contributed by atoms with Gasteiger partial charge in [0.1, 0.15) is 11.6 Å². The number of fused-ring (bicyclic) bond motifs is 1. The summed E-state index contributed by atoms with van der Waals surface area (Å²) in [4.78, 5) is 33.2. The molecule has 0 aliphatic heterocycles. The van der Waals surface area contributed by atoms with E-state index in [1.54, 1.807) is 12.3 Å². The number of carbonyl (C=O) groups is 1. The Morgan fingerprint density at radius 2 is 1.96 bits per heavy atom. The van der Waals surface area contributed by atoms with E-state index < -0.39 is 5.97 Å². The van der Waals surface area contributed by atoms with Crippen LogP contribution in [0.2, 0.25) is 0 Å². The molecule has 0 aliphatic carbocycles. The van der Waals surface area contributed by atoms with Crippen molar-refractivity contribution in [2.75, 3.05) is 0 Å². The molecule has 4 aromatic rings. The zero-order chi connectivity index (χ0) is 19.0. The van der Waals surface area contributed by atoms with E-state index in [2.05, 4.69) is 15.1 Å². The molecule has 0 amide bonds. The predicted octanol–water partition coefficient (Wildman–Crippen LogP) is 3.25. The number of ether oxygens (including phenoxy) is 1. The van der Waals surface area contributed by atoms with Crippen molar-refractivity contribution in [1.82, 2.24) is 19.6 Å². The lowest BCUT2D eigenvalue weighted by Crippen LogP contribution is -2.14. The maximum absolute atomic E-state index is 12.3. The highest BCUT2D eigenvalue weighted by Gasteiger charge is 2.15. The summed E-state index contributed by atoms with van der Waals surface area (Å²) in [7, 11) is 0. The predicted molar refractivity (Wildman–Crippen MR) is 103 cm³/mol. The smallest absolute Gasteiger partial charge is 0.358 e. The molecule has 0 unspecified atom stereocenters. The van der Waals surface area contributed by atoms with Crippen molar-refractivity contribution in [1.29, 1.82) is 0 Å². The zero-order valence-corrected chi connectivity index (χ0v) is 16.1. The number of hydrogen-bond donors (Lipinski definition) is 0. The Bertz CT molecular complexity index is 1190. The van der Waals surface area contributed by atoms with Crippen LogP contribution in [0.4, 0.5) is 0 Å². The van der Waals surface area contributed by atoms with Gasteiger partial charge in [-0.05, 0) is 13.8 Å². The van der Waals surface area contributed by atoms with Crippen LogP contribution in [0.1, 0.15) is 26.8 Å². The summed E-state index contributed by atoms with van der Waals surface area (Å²) in [6.07, 6.45) is 0. The van der Waals surface area contributed by atoms with Gasteiger partial charge in [-0.15, -0.1) is 11.3 Å². The van der Waals surface area contributed by atoms with E-state index in [0.717, 1.165) is 16.1 Å². The number of nitrogens with zero attached hydrogens (tertiary/aromatic N) is 4. The second-order valence-corrected chi connectivity index (χ2v) is 7.80. The first-order chi connectivity index (χ1) is 13.0. The highest BCUT2D eigenvalue weighted by Crippen LogP contribution is 2.24. The highest BCUT2D eigenvalue weighted by atomic mass is 32.1. The van der Waals surface area contributed by atoms with E-state index in [0.29, 0.717) is 15.7 Å². The van der Waals surface area contributed by atoms with Crippen molar-refractivity contribution in [3.63, 3.8) is 0 Å². The van der Waals surface area contributed by atoms with E-state index in [4.69, 9.17) is 4.74 Å². The van der Waals surface area contributed by atoms with Gasteiger partial charge in [-0.2, -0.15) is 9.61 Å². The Morgan fingerprint density at radius 3 is 2.74 bits per heavy atom. The van der Waals surface area contributed by atoms with Crippen LogP contribution < -0.4 is 5.56 Å². The van der Waals surface area contributed by atoms with Gasteiger partial charge in [-0.3, -0.25) is 4.79 Å². The van der Waals surface area contributed by atoms with Crippen molar-refractivity contribution in [2.24, 2.45) is 0 Å². The van der Waals surface area contributed by atoms with Crippen molar-refractivity contribution in [3.05, 3.63) is 68.0 Å². The molecule has 0 bridgehead atoms. The topological polar surface area (TPSA) is 86.5 Å². The largest absolute Gasteiger partial charge is 0.453 e. The van der Waals surface area contributed by atoms with Crippen LogP contribution in [-0.2, 0) is 11.3 Å². The molecule has 1 aromatic carbocycles. The molecule has 0 aliphatic rings. The quantitative estimate of drug-likeness (QED) is 0.491. The Morgan fingerprint density at radius 1 is 1.19 bits per heavy atom. The third kappa shape index (κ3) is 3.64. The minimum absolute atomic E-state index is 0.0389. The van der Waals surface area contributed by atoms with Crippen LogP contribution in [0.15, 0.2) is 40.5 Å². The first-order valence-corrected chi connectivity index (χ1v) is 9.75. The SMILES string of the molecule is Cc1ccc(-c2nc(C(=O)OCc3nn4c(=O)cc(C)nc4s3)cs2)cc1. The molecule has 0 radical (unpaired) electrons. The zero-order valence-electron chi connectivity index (χ0n) is 14.5. The number of aryl methyl sites for hydroxylation is 2. The Hall–Kier alpha value is -2.91. The standard InChI is InChI=1S/C18H14N4O3S2/c1-10-3-5-12(6-4-10)16-20-13(9-26-16)17(24)25-8-14-21-22-15(23)7-11(2)19-18(22)27-14/h3-7,9H,8H2,1-2H3. The van der Waals surface area contributed by atoms with E-state index in [1.165, 1.54) is 33.3 Å². The van der Waals surface area contributed by atoms with Crippen molar-refractivity contribution in [3.8, 4) is 10.6 Å². The summed E-state index contributed by atoms with van der Waals surface area (Å²) >= 11 is 2.60. The molecule has 9 heteroatoms. The monoisotopic (exact) mass is 398 g/mol. The first-order valence-electron chi connectivity index (χ1n) is 8.06. The second-order valence-electron chi connectivity index (χ2n) is 5.91. The molecule has 0 spiro atoms. The number of rotatable bonds is 4. The molecule has 27 heavy (non-hydrogen) atoms. The Kier molecular flexibility index (Phi) is 4.54. The molecule has 0 saturated carbocycles. The van der Waals surface area contributed by atoms with Gasteiger partial charge in [0.05, 0.1) is 0 Å². The van der Waals surface area contributed by atoms with Gasteiger partial charge in [-0.25, -0.2) is 14.8 Å². The molecule has 4 rings (SSSR count). The number of thiazole rings is 1. The van der Waals surface area contributed by atoms with Crippen molar-refractivity contribution >= 4 is 33.6 Å². The molecule has 3 aromatic heterocycles. The van der Waals surface area contributed by atoms with Gasteiger partial charge in [0.15, 0.2) is 10.7 Å². The average molecular weight is 398 g/mol. The summed E-state index contributed by atoms with van der Waals surface area (Å²) in [5.41, 5.74) is 2.74. The van der Waals surface area contributed by atoms with Crippen molar-refractivity contribution in [2.45, 2.75) is 20.5 Å². The molecule has 7 nitrogen and oxygen atoms in total. The summed E-state index contributed by atoms with van der Waals surface area (Å²) in [5, 5.41) is 7.07. The van der Waals surface area contributed by atoms with Crippen LogP contribution in [0.5, 0.6) is 0 Å². The summed E-state index contributed by atoms with van der Waals surface area (Å²) in [5.74, 6) is -0.527. The highest BCUT2D eigenvalue weighted by molar-refractivity contribution is 7.16. The third-order valence-electron chi connectivity index (χ3n) is 3.75. The normalized spacial score (nSPS) is 11.0. The van der Waals surface area contributed by atoms with Gasteiger partial charge >= 0.3 is 5.97 Å². The number of carbonyl (C=O) groups excluding carboxylic acids is 1. The van der Waals surface area contributed by atoms with Crippen LogP contribution in [-0.4, -0.2) is 25.6 Å². The lowest BCUT2D eigenvalue weighted by Gasteiger charge is -1.99. The molecule has 3 heterocycles. The Labute approximate surface area is 161 Å². The fourth-order valence-corrected chi connectivity index (χ4v) is 4.07. The summed E-state index contributed by atoms with van der Waals surface area (Å²) in [6.45, 7) is 3.72. The van der Waals surface area contributed by atoms with Crippen LogP contribution in [0, 0.1) is 13.8 Å². The fraction of sp³-hybridized carbons (Fsp3) is 0.167. The molecule has 136 valence electrons. The van der Waals surface area contributed by atoms with Crippen molar-refractivity contribution < 1.29 is 9.53 Å². The lowest BCUT2D eigenvalue weighted by molar-refractivity contribution is 0.0465. The van der Waals surface area contributed by atoms with Gasteiger partial charge < -0.3 is 4.74 Å². The first kappa shape index (κ1) is 17.5. The summed E-state index contributed by atoms with van der Waals surface area (Å²) in [6, 6.07) is 9.34. The maximum atomic E-state index is 12.3. The minimum Gasteiger partial charge on any atom is -0.453 e. The molecule has 0 fully saturated rings. The van der Waals surface area contributed by atoms with E-state index in [9.17, 15) is 9.59 Å². The lowest BCUT2D eigenvalue weighted by atomic mass is 10.2. The van der Waals surface area contributed by atoms with E-state index in [1.807, 2.05) is 31.2 Å². The fourth-order valence-electron chi connectivity index (χ4n) is 2.42. The molecule has 0 atom stereocenters. The molecular weight excluding hydrogens is 384 g/mol. The van der Waals surface area contributed by atoms with Crippen LogP contribution >= 0.6 is 22.7 Å². The summed E-state index contributed by atoms with van der Waals surface area (Å²) < 4.78 is 6.50. The Balaban J connectivity index is 1.48. The second kappa shape index (κ2) is 7.01. The number of esters is 1. The molecular formula is C18H14N4O3S2. The molecule has 0 N–H and O–H groups in total. The van der Waals surface area contributed by atoms with Crippen LogP contribution in [0.3, 0.4) is 0 Å². The van der Waals surface area contributed by atoms with Gasteiger partial charge in [0.2, 0.25) is 4.96 Å². The number of aromatic nitrogens is 4. The van der Waals surface area contributed by atoms with E-state index in [-0.39, 0.29) is 17.9 Å². The van der Waals surface area contributed by atoms with Crippen LogP contribution in [0.25, 0.3) is 15.5 Å². The molecule has 0 saturated heterocycles.